The third kappa shape index (κ3) is 2.34. The molecule has 6 rings (SSSR count). The van der Waals surface area contributed by atoms with Crippen molar-refractivity contribution in [3.8, 4) is 0 Å². The minimum absolute atomic E-state index is 0.0622. The lowest BCUT2D eigenvalue weighted by molar-refractivity contribution is -0.290. The number of hydrogen-bond donors (Lipinski definition) is 0. The molecule has 3 aromatic rings. The molecule has 1 spiro atoms. The van der Waals surface area contributed by atoms with Gasteiger partial charge in [0.1, 0.15) is 11.8 Å². The molecule has 168 valence electrons. The van der Waals surface area contributed by atoms with Crippen molar-refractivity contribution in [3.05, 3.63) is 71.4 Å². The summed E-state index contributed by atoms with van der Waals surface area (Å²) in [5.41, 5.74) is 0.461. The molecule has 1 aromatic heterocycles. The summed E-state index contributed by atoms with van der Waals surface area (Å²) in [7, 11) is 0. The molecule has 3 atom stereocenters. The molecule has 33 heavy (non-hydrogen) atoms. The number of carbonyl (C=O) groups excluding carboxylic acids is 3. The van der Waals surface area contributed by atoms with E-state index in [0.29, 0.717) is 29.7 Å². The van der Waals surface area contributed by atoms with E-state index < -0.39 is 29.5 Å². The number of hydrogen-bond acceptors (Lipinski definition) is 6. The second kappa shape index (κ2) is 6.76. The topological polar surface area (TPSA) is 87.1 Å². The molecule has 0 N–H and O–H groups in total. The minimum atomic E-state index is -2.10. The van der Waals surface area contributed by atoms with Crippen LogP contribution in [-0.2, 0) is 36.1 Å². The Morgan fingerprint density at radius 1 is 1.12 bits per heavy atom. The fourth-order valence-corrected chi connectivity index (χ4v) is 5.45. The van der Waals surface area contributed by atoms with Gasteiger partial charge in [-0.05, 0) is 30.5 Å². The highest BCUT2D eigenvalue weighted by Crippen LogP contribution is 2.59. The van der Waals surface area contributed by atoms with Crippen molar-refractivity contribution in [2.45, 2.75) is 37.9 Å². The highest BCUT2D eigenvalue weighted by Gasteiger charge is 2.75. The Labute approximate surface area is 189 Å². The zero-order chi connectivity index (χ0) is 23.0. The summed E-state index contributed by atoms with van der Waals surface area (Å²) in [5.74, 6) is -3.41. The Bertz CT molecular complexity index is 1330. The van der Waals surface area contributed by atoms with Crippen LogP contribution in [0.1, 0.15) is 41.6 Å². The summed E-state index contributed by atoms with van der Waals surface area (Å²) in [5, 5.41) is 0.874. The molecule has 1 amide bonds. The molecular formula is C25H22N2O6. The molecular weight excluding hydrogens is 424 g/mol. The molecule has 1 fully saturated rings. The molecule has 1 saturated heterocycles. The van der Waals surface area contributed by atoms with E-state index >= 15 is 0 Å². The van der Waals surface area contributed by atoms with Crippen LogP contribution >= 0.6 is 0 Å². The molecule has 0 saturated carbocycles. The summed E-state index contributed by atoms with van der Waals surface area (Å²) < 4.78 is 19.9. The van der Waals surface area contributed by atoms with Gasteiger partial charge in [-0.15, -0.1) is 0 Å². The molecule has 2 bridgehead atoms. The summed E-state index contributed by atoms with van der Waals surface area (Å²) >= 11 is 0. The maximum absolute atomic E-state index is 14.2. The van der Waals surface area contributed by atoms with Crippen LogP contribution in [0.5, 0.6) is 0 Å². The number of carbonyl (C=O) groups is 3. The zero-order valence-electron chi connectivity index (χ0n) is 18.2. The van der Waals surface area contributed by atoms with Crippen LogP contribution in [0.15, 0.2) is 54.6 Å². The third-order valence-corrected chi connectivity index (χ3v) is 6.75. The molecule has 0 aliphatic carbocycles. The Balaban J connectivity index is 1.71. The maximum Gasteiger partial charge on any atom is 0.351 e. The van der Waals surface area contributed by atoms with E-state index in [-0.39, 0.29) is 12.5 Å². The van der Waals surface area contributed by atoms with Gasteiger partial charge in [0.2, 0.25) is 5.91 Å². The molecule has 8 nitrogen and oxygen atoms in total. The molecule has 4 heterocycles. The number of fused-ring (bicyclic) bond motifs is 4. The Kier molecular flexibility index (Phi) is 4.12. The van der Waals surface area contributed by atoms with Crippen molar-refractivity contribution in [2.24, 2.45) is 0 Å². The Morgan fingerprint density at radius 2 is 1.85 bits per heavy atom. The first-order valence-corrected chi connectivity index (χ1v) is 11.0. The molecule has 3 aliphatic rings. The molecule has 0 radical (unpaired) electrons. The first-order valence-electron chi connectivity index (χ1n) is 11.0. The second-order valence-corrected chi connectivity index (χ2v) is 8.45. The van der Waals surface area contributed by atoms with Gasteiger partial charge in [-0.25, -0.2) is 4.79 Å². The quantitative estimate of drug-likeness (QED) is 0.454. The first kappa shape index (κ1) is 20.1. The normalized spacial score (nSPS) is 27.5. The number of amides is 1. The zero-order valence-corrected chi connectivity index (χ0v) is 18.2. The van der Waals surface area contributed by atoms with Crippen molar-refractivity contribution in [1.82, 2.24) is 9.47 Å². The van der Waals surface area contributed by atoms with Crippen molar-refractivity contribution in [3.63, 3.8) is 0 Å². The lowest BCUT2D eigenvalue weighted by Crippen LogP contribution is -2.63. The van der Waals surface area contributed by atoms with E-state index in [1.807, 2.05) is 30.3 Å². The van der Waals surface area contributed by atoms with Gasteiger partial charge in [-0.1, -0.05) is 48.5 Å². The van der Waals surface area contributed by atoms with Crippen LogP contribution in [0, 0.1) is 0 Å². The summed E-state index contributed by atoms with van der Waals surface area (Å²) in [6.07, 6.45) is -0.566. The van der Waals surface area contributed by atoms with Crippen molar-refractivity contribution in [1.29, 1.82) is 0 Å². The molecule has 3 aliphatic heterocycles. The van der Waals surface area contributed by atoms with Gasteiger partial charge in [-0.3, -0.25) is 23.8 Å². The van der Waals surface area contributed by atoms with E-state index in [1.54, 1.807) is 31.2 Å². The predicted octanol–water partition coefficient (Wildman–Crippen LogP) is 2.90. The van der Waals surface area contributed by atoms with Crippen molar-refractivity contribution < 1.29 is 28.6 Å². The summed E-state index contributed by atoms with van der Waals surface area (Å²) in [4.78, 5) is 42.0. The standard InChI is InChI=1S/C25H22N2O6/c1-3-31-23(30)24-21(16-9-5-4-6-10-16)32-25(33-24)20-18(13-14-26(25)15(2)28)17-11-7-8-12-19(17)27(20)22(24)29/h4-12,21H,3,13-14H2,1-2H3/t21-,24-,25+/m1/s1. The van der Waals surface area contributed by atoms with Crippen LogP contribution in [-0.4, -0.2) is 46.0 Å². The van der Waals surface area contributed by atoms with Gasteiger partial charge in [0.05, 0.1) is 12.1 Å². The smallest absolute Gasteiger partial charge is 0.351 e. The summed E-state index contributed by atoms with van der Waals surface area (Å²) in [6.45, 7) is 3.48. The number of esters is 1. The van der Waals surface area contributed by atoms with Gasteiger partial charge in [0.15, 0.2) is 0 Å². The van der Waals surface area contributed by atoms with Crippen molar-refractivity contribution >= 4 is 28.7 Å². The van der Waals surface area contributed by atoms with Gasteiger partial charge in [-0.2, -0.15) is 0 Å². The number of para-hydroxylation sites is 1. The minimum Gasteiger partial charge on any atom is -0.463 e. The third-order valence-electron chi connectivity index (χ3n) is 6.75. The second-order valence-electron chi connectivity index (χ2n) is 8.45. The summed E-state index contributed by atoms with van der Waals surface area (Å²) in [6, 6.07) is 16.5. The van der Waals surface area contributed by atoms with Gasteiger partial charge < -0.3 is 9.47 Å². The molecule has 0 unspecified atom stereocenters. The maximum atomic E-state index is 14.2. The number of ether oxygens (including phenoxy) is 3. The van der Waals surface area contributed by atoms with E-state index in [9.17, 15) is 14.4 Å². The Morgan fingerprint density at radius 3 is 2.58 bits per heavy atom. The number of nitrogens with zero attached hydrogens (tertiary/aromatic N) is 2. The number of aromatic nitrogens is 1. The van der Waals surface area contributed by atoms with Gasteiger partial charge >= 0.3 is 11.9 Å². The van der Waals surface area contributed by atoms with E-state index in [0.717, 1.165) is 10.9 Å². The van der Waals surface area contributed by atoms with Crippen LogP contribution in [0.25, 0.3) is 10.9 Å². The fraction of sp³-hybridized carbons (Fsp3) is 0.320. The van der Waals surface area contributed by atoms with E-state index in [4.69, 9.17) is 14.2 Å². The van der Waals surface area contributed by atoms with Crippen molar-refractivity contribution in [2.75, 3.05) is 13.2 Å². The highest BCUT2D eigenvalue weighted by atomic mass is 16.8. The first-order chi connectivity index (χ1) is 16.0. The lowest BCUT2D eigenvalue weighted by Gasteiger charge is -2.45. The SMILES string of the molecule is CCOC(=O)[C@@]12O[C@@]3(O[C@@H]1c1ccccc1)c1c(c4ccccc4n1C2=O)CCN3C(C)=O. The fourth-order valence-electron chi connectivity index (χ4n) is 5.45. The average molecular weight is 446 g/mol. The molecule has 8 heteroatoms. The Hall–Kier alpha value is -3.49. The predicted molar refractivity (Wildman–Crippen MR) is 116 cm³/mol. The average Bonchev–Trinajstić information content (AvgIpc) is 3.33. The number of benzene rings is 2. The van der Waals surface area contributed by atoms with Crippen LogP contribution in [0.3, 0.4) is 0 Å². The number of rotatable bonds is 3. The van der Waals surface area contributed by atoms with Gasteiger partial charge in [0.25, 0.3) is 11.5 Å². The van der Waals surface area contributed by atoms with E-state index in [1.165, 1.54) is 16.4 Å². The van der Waals surface area contributed by atoms with Crippen LogP contribution in [0.4, 0.5) is 0 Å². The van der Waals surface area contributed by atoms with Crippen LogP contribution in [0.2, 0.25) is 0 Å². The largest absolute Gasteiger partial charge is 0.463 e. The van der Waals surface area contributed by atoms with Gasteiger partial charge in [0, 0.05) is 18.9 Å². The highest BCUT2D eigenvalue weighted by molar-refractivity contribution is 6.13. The van der Waals surface area contributed by atoms with Crippen LogP contribution < -0.4 is 0 Å². The lowest BCUT2D eigenvalue weighted by atomic mass is 9.89. The molecule has 2 aromatic carbocycles. The van der Waals surface area contributed by atoms with E-state index in [2.05, 4.69) is 0 Å². The monoisotopic (exact) mass is 446 g/mol.